The molecule has 18 heavy (non-hydrogen) atoms. The lowest BCUT2D eigenvalue weighted by molar-refractivity contribution is -0.275. The Balaban J connectivity index is 3.26. The quantitative estimate of drug-likeness (QED) is 0.796. The minimum absolute atomic E-state index is 0.0612. The number of ether oxygens (including phenoxy) is 2. The molecule has 0 fully saturated rings. The molecule has 0 bridgehead atoms. The summed E-state index contributed by atoms with van der Waals surface area (Å²) >= 11 is 5.55. The number of alkyl halides is 4. The summed E-state index contributed by atoms with van der Waals surface area (Å²) in [6.45, 7) is 0. The fourth-order valence-corrected chi connectivity index (χ4v) is 1.45. The lowest BCUT2D eigenvalue weighted by Crippen LogP contribution is -2.19. The number of pyridine rings is 1. The maximum absolute atomic E-state index is 12.2. The van der Waals surface area contributed by atoms with E-state index in [2.05, 4.69) is 9.72 Å². The zero-order valence-corrected chi connectivity index (χ0v) is 9.97. The van der Waals surface area contributed by atoms with E-state index in [-0.39, 0.29) is 29.4 Å². The van der Waals surface area contributed by atoms with Crippen molar-refractivity contribution in [1.29, 1.82) is 5.26 Å². The number of nitrogens with zero attached hydrogens (tertiary/aromatic N) is 2. The van der Waals surface area contributed by atoms with Crippen LogP contribution < -0.4 is 9.47 Å². The number of methoxy groups -OCH3 is 1. The number of nitriles is 1. The fourth-order valence-electron chi connectivity index (χ4n) is 1.25. The normalized spacial score (nSPS) is 10.9. The van der Waals surface area contributed by atoms with Crippen molar-refractivity contribution in [1.82, 2.24) is 4.98 Å². The Morgan fingerprint density at radius 1 is 1.50 bits per heavy atom. The Bertz CT molecular complexity index is 446. The lowest BCUT2D eigenvalue weighted by Gasteiger charge is -2.15. The molecule has 98 valence electrons. The molecule has 0 aliphatic rings. The molecule has 0 radical (unpaired) electrons. The van der Waals surface area contributed by atoms with E-state index in [0.717, 1.165) is 7.11 Å². The summed E-state index contributed by atoms with van der Waals surface area (Å²) in [6.07, 6.45) is -4.93. The highest BCUT2D eigenvalue weighted by Crippen LogP contribution is 2.35. The maximum Gasteiger partial charge on any atom is 0.573 e. The first-order valence-electron chi connectivity index (χ1n) is 4.66. The molecule has 0 spiro atoms. The van der Waals surface area contributed by atoms with Gasteiger partial charge in [-0.1, -0.05) is 0 Å². The molecule has 0 aromatic carbocycles. The van der Waals surface area contributed by atoms with Gasteiger partial charge in [-0.25, -0.2) is 4.98 Å². The maximum atomic E-state index is 12.2. The van der Waals surface area contributed by atoms with Crippen molar-refractivity contribution in [2.24, 2.45) is 0 Å². The van der Waals surface area contributed by atoms with Gasteiger partial charge >= 0.3 is 6.36 Å². The van der Waals surface area contributed by atoms with Crippen LogP contribution in [0, 0.1) is 11.3 Å². The van der Waals surface area contributed by atoms with Crippen LogP contribution in [0.5, 0.6) is 11.6 Å². The molecule has 0 saturated carbocycles. The first kappa shape index (κ1) is 14.4. The van der Waals surface area contributed by atoms with Gasteiger partial charge in [-0.05, 0) is 6.07 Å². The second-order valence-electron chi connectivity index (χ2n) is 3.13. The van der Waals surface area contributed by atoms with Gasteiger partial charge in [-0.3, -0.25) is 0 Å². The molecule has 1 rings (SSSR count). The minimum Gasteiger partial charge on any atom is -0.478 e. The van der Waals surface area contributed by atoms with Crippen LogP contribution in [0.4, 0.5) is 13.2 Å². The zero-order valence-electron chi connectivity index (χ0n) is 9.21. The minimum atomic E-state index is -4.87. The van der Waals surface area contributed by atoms with E-state index in [1.165, 1.54) is 6.07 Å². The fraction of sp³-hybridized carbons (Fsp3) is 0.400. The average molecular weight is 281 g/mol. The van der Waals surface area contributed by atoms with Crippen LogP contribution in [0.3, 0.4) is 0 Å². The van der Waals surface area contributed by atoms with Crippen LogP contribution in [0.1, 0.15) is 11.3 Å². The van der Waals surface area contributed by atoms with Gasteiger partial charge in [0.25, 0.3) is 5.88 Å². The molecule has 0 aliphatic heterocycles. The number of rotatable bonds is 4. The van der Waals surface area contributed by atoms with Crippen LogP contribution >= 0.6 is 11.6 Å². The smallest absolute Gasteiger partial charge is 0.478 e. The van der Waals surface area contributed by atoms with Crippen LogP contribution in [-0.4, -0.2) is 18.5 Å². The van der Waals surface area contributed by atoms with Crippen molar-refractivity contribution in [3.05, 3.63) is 17.3 Å². The van der Waals surface area contributed by atoms with Gasteiger partial charge in [-0.15, -0.1) is 24.8 Å². The summed E-state index contributed by atoms with van der Waals surface area (Å²) in [7, 11) is 1.15. The molecule has 0 atom stereocenters. The number of hydrogen-bond donors (Lipinski definition) is 0. The van der Waals surface area contributed by atoms with E-state index < -0.39 is 12.1 Å². The Hall–Kier alpha value is -1.68. The lowest BCUT2D eigenvalue weighted by atomic mass is 10.2. The Morgan fingerprint density at radius 2 is 2.17 bits per heavy atom. The van der Waals surface area contributed by atoms with Crippen LogP contribution in [0.15, 0.2) is 6.07 Å². The second kappa shape index (κ2) is 5.78. The number of aromatic nitrogens is 1. The van der Waals surface area contributed by atoms with Crippen molar-refractivity contribution in [3.8, 4) is 17.7 Å². The summed E-state index contributed by atoms with van der Waals surface area (Å²) in [5, 5.41) is 8.53. The largest absolute Gasteiger partial charge is 0.573 e. The molecule has 1 heterocycles. The predicted molar refractivity (Wildman–Crippen MR) is 56.3 cm³/mol. The third-order valence-electron chi connectivity index (χ3n) is 1.89. The summed E-state index contributed by atoms with van der Waals surface area (Å²) in [5.41, 5.74) is 0.325. The summed E-state index contributed by atoms with van der Waals surface area (Å²) in [4.78, 5) is 3.75. The monoisotopic (exact) mass is 280 g/mol. The molecule has 0 N–H and O–H groups in total. The first-order chi connectivity index (χ1) is 8.41. The highest BCUT2D eigenvalue weighted by atomic mass is 35.5. The van der Waals surface area contributed by atoms with Gasteiger partial charge in [0.05, 0.1) is 31.2 Å². The Labute approximate surface area is 106 Å². The van der Waals surface area contributed by atoms with Gasteiger partial charge in [0.15, 0.2) is 5.75 Å². The number of hydrogen-bond acceptors (Lipinski definition) is 4. The van der Waals surface area contributed by atoms with Crippen molar-refractivity contribution >= 4 is 11.6 Å². The van der Waals surface area contributed by atoms with E-state index in [0.29, 0.717) is 0 Å². The SMILES string of the molecule is COc1nc(CC#N)cc(CCl)c1OC(F)(F)F. The van der Waals surface area contributed by atoms with Crippen LogP contribution in [0.25, 0.3) is 0 Å². The molecular weight excluding hydrogens is 273 g/mol. The molecule has 8 heteroatoms. The Morgan fingerprint density at radius 3 is 2.61 bits per heavy atom. The highest BCUT2D eigenvalue weighted by molar-refractivity contribution is 6.17. The van der Waals surface area contributed by atoms with Crippen LogP contribution in [-0.2, 0) is 12.3 Å². The molecule has 0 saturated heterocycles. The standard InChI is InChI=1S/C10H8ClF3N2O2/c1-17-9-8(18-10(12,13)14)6(5-11)4-7(16-9)2-3-15/h4H,2,5H2,1H3. The van der Waals surface area contributed by atoms with Crippen molar-refractivity contribution in [3.63, 3.8) is 0 Å². The molecule has 1 aromatic heterocycles. The van der Waals surface area contributed by atoms with Crippen LogP contribution in [0.2, 0.25) is 0 Å². The van der Waals surface area contributed by atoms with Crippen molar-refractivity contribution in [2.45, 2.75) is 18.7 Å². The highest BCUT2D eigenvalue weighted by Gasteiger charge is 2.34. The third-order valence-corrected chi connectivity index (χ3v) is 2.18. The van der Waals surface area contributed by atoms with Crippen molar-refractivity contribution in [2.75, 3.05) is 7.11 Å². The van der Waals surface area contributed by atoms with E-state index in [1.54, 1.807) is 0 Å². The Kier molecular flexibility index (Phi) is 4.62. The van der Waals surface area contributed by atoms with E-state index in [4.69, 9.17) is 21.6 Å². The first-order valence-corrected chi connectivity index (χ1v) is 5.20. The van der Waals surface area contributed by atoms with Gasteiger partial charge < -0.3 is 9.47 Å². The predicted octanol–water partition coefficient (Wildman–Crippen LogP) is 2.79. The summed E-state index contributed by atoms with van der Waals surface area (Å²) in [5.74, 6) is -1.15. The average Bonchev–Trinajstić information content (AvgIpc) is 2.29. The van der Waals surface area contributed by atoms with E-state index in [1.807, 2.05) is 6.07 Å². The molecule has 4 nitrogen and oxygen atoms in total. The molecule has 0 unspecified atom stereocenters. The topological polar surface area (TPSA) is 55.1 Å². The summed E-state index contributed by atoms with van der Waals surface area (Å²) < 4.78 is 45.2. The van der Waals surface area contributed by atoms with Gasteiger partial charge in [0.1, 0.15) is 0 Å². The third kappa shape index (κ3) is 3.67. The summed E-state index contributed by atoms with van der Waals surface area (Å²) in [6, 6.07) is 3.11. The van der Waals surface area contributed by atoms with E-state index in [9.17, 15) is 13.2 Å². The molecule has 0 aliphatic carbocycles. The zero-order chi connectivity index (χ0) is 13.8. The van der Waals surface area contributed by atoms with Gasteiger partial charge in [0.2, 0.25) is 0 Å². The number of halogens is 4. The molecular formula is C10H8ClF3N2O2. The van der Waals surface area contributed by atoms with Crippen molar-refractivity contribution < 1.29 is 22.6 Å². The van der Waals surface area contributed by atoms with Gasteiger partial charge in [0, 0.05) is 5.56 Å². The van der Waals surface area contributed by atoms with Gasteiger partial charge in [-0.2, -0.15) is 5.26 Å². The molecule has 1 aromatic rings. The van der Waals surface area contributed by atoms with E-state index >= 15 is 0 Å². The molecule has 0 amide bonds. The second-order valence-corrected chi connectivity index (χ2v) is 3.39.